The average Bonchev–Trinajstić information content (AvgIpc) is 2.28. The summed E-state index contributed by atoms with van der Waals surface area (Å²) in [5.74, 6) is 0. The molecule has 0 spiro atoms. The second-order valence-corrected chi connectivity index (χ2v) is 5.85. The van der Waals surface area contributed by atoms with E-state index in [4.69, 9.17) is 5.73 Å². The highest BCUT2D eigenvalue weighted by molar-refractivity contribution is 7.89. The van der Waals surface area contributed by atoms with Gasteiger partial charge in [-0.25, -0.2) is 12.7 Å². The summed E-state index contributed by atoms with van der Waals surface area (Å²) in [4.78, 5) is 9.89. The van der Waals surface area contributed by atoms with Gasteiger partial charge >= 0.3 is 0 Å². The predicted molar refractivity (Wildman–Crippen MR) is 67.6 cm³/mol. The van der Waals surface area contributed by atoms with Crippen molar-refractivity contribution in [2.75, 3.05) is 19.3 Å². The van der Waals surface area contributed by atoms with Crippen molar-refractivity contribution in [3.63, 3.8) is 0 Å². The molecule has 0 unspecified atom stereocenters. The number of benzene rings is 1. The molecule has 18 heavy (non-hydrogen) atoms. The van der Waals surface area contributed by atoms with E-state index in [1.165, 1.54) is 17.4 Å². The molecule has 0 saturated carbocycles. The zero-order valence-electron chi connectivity index (χ0n) is 10.2. The molecule has 8 heteroatoms. The van der Waals surface area contributed by atoms with E-state index >= 15 is 0 Å². The molecule has 0 aliphatic carbocycles. The first kappa shape index (κ1) is 14.4. The number of nitrogens with two attached hydrogens (primary N) is 1. The molecule has 0 bridgehead atoms. The second kappa shape index (κ2) is 5.32. The molecule has 100 valence electrons. The van der Waals surface area contributed by atoms with Crippen molar-refractivity contribution < 1.29 is 13.3 Å². The number of nitro groups is 1. The summed E-state index contributed by atoms with van der Waals surface area (Å²) < 4.78 is 25.3. The minimum Gasteiger partial charge on any atom is -0.393 e. The first-order valence-electron chi connectivity index (χ1n) is 5.31. The zero-order valence-corrected chi connectivity index (χ0v) is 11.0. The van der Waals surface area contributed by atoms with E-state index in [0.29, 0.717) is 13.0 Å². The van der Waals surface area contributed by atoms with Crippen molar-refractivity contribution in [3.05, 3.63) is 28.3 Å². The van der Waals surface area contributed by atoms with Crippen LogP contribution in [-0.4, -0.2) is 31.2 Å². The van der Waals surface area contributed by atoms with Crippen LogP contribution < -0.4 is 5.73 Å². The second-order valence-electron chi connectivity index (χ2n) is 3.80. The molecular formula is C10H15N3O4S. The third kappa shape index (κ3) is 2.77. The molecule has 0 aromatic heterocycles. The maximum atomic E-state index is 12.1. The van der Waals surface area contributed by atoms with E-state index in [1.807, 2.05) is 6.92 Å². The summed E-state index contributed by atoms with van der Waals surface area (Å²) in [5, 5.41) is 10.6. The van der Waals surface area contributed by atoms with Gasteiger partial charge in [-0.3, -0.25) is 10.1 Å². The third-order valence-corrected chi connectivity index (χ3v) is 4.30. The lowest BCUT2D eigenvalue weighted by Gasteiger charge is -2.16. The van der Waals surface area contributed by atoms with Crippen LogP contribution in [0.15, 0.2) is 23.1 Å². The van der Waals surface area contributed by atoms with E-state index in [2.05, 4.69) is 0 Å². The fraction of sp³-hybridized carbons (Fsp3) is 0.400. The van der Waals surface area contributed by atoms with Gasteiger partial charge in [0.05, 0.1) is 9.82 Å². The number of sulfonamides is 1. The van der Waals surface area contributed by atoms with Crippen LogP contribution in [0.5, 0.6) is 0 Å². The van der Waals surface area contributed by atoms with Crippen molar-refractivity contribution in [2.24, 2.45) is 0 Å². The van der Waals surface area contributed by atoms with Crippen LogP contribution in [-0.2, 0) is 10.0 Å². The van der Waals surface area contributed by atoms with Crippen LogP contribution in [0.1, 0.15) is 13.3 Å². The predicted octanol–water partition coefficient (Wildman–Crippen LogP) is 1.21. The largest absolute Gasteiger partial charge is 0.393 e. The van der Waals surface area contributed by atoms with Gasteiger partial charge in [-0.05, 0) is 18.6 Å². The summed E-state index contributed by atoms with van der Waals surface area (Å²) in [7, 11) is -2.18. The Labute approximate surface area is 105 Å². The minimum absolute atomic E-state index is 0.0402. The van der Waals surface area contributed by atoms with Crippen LogP contribution in [0, 0.1) is 10.1 Å². The maximum Gasteiger partial charge on any atom is 0.292 e. The van der Waals surface area contributed by atoms with Gasteiger partial charge in [0.15, 0.2) is 0 Å². The molecule has 0 atom stereocenters. The number of nitrogen functional groups attached to an aromatic ring is 1. The summed E-state index contributed by atoms with van der Waals surface area (Å²) in [5.41, 5.74) is 5.01. The standard InChI is InChI=1S/C10H15N3O4S/c1-3-6-12(2)18(16,17)8-4-5-10(13(14)15)9(11)7-8/h4-5,7H,3,6,11H2,1-2H3. The zero-order chi connectivity index (χ0) is 13.9. The van der Waals surface area contributed by atoms with Gasteiger partial charge < -0.3 is 5.73 Å². The highest BCUT2D eigenvalue weighted by Gasteiger charge is 2.22. The lowest BCUT2D eigenvalue weighted by molar-refractivity contribution is -0.383. The van der Waals surface area contributed by atoms with Crippen molar-refractivity contribution in [1.29, 1.82) is 0 Å². The smallest absolute Gasteiger partial charge is 0.292 e. The van der Waals surface area contributed by atoms with E-state index in [9.17, 15) is 18.5 Å². The lowest BCUT2D eigenvalue weighted by atomic mass is 10.3. The molecule has 2 N–H and O–H groups in total. The average molecular weight is 273 g/mol. The first-order chi connectivity index (χ1) is 8.30. The Balaban J connectivity index is 3.19. The molecule has 1 aromatic carbocycles. The number of anilines is 1. The SMILES string of the molecule is CCCN(C)S(=O)(=O)c1ccc([N+](=O)[O-])c(N)c1. The molecule has 7 nitrogen and oxygen atoms in total. The summed E-state index contributed by atoms with van der Waals surface area (Å²) in [6.07, 6.45) is 0.679. The Morgan fingerprint density at radius 1 is 1.44 bits per heavy atom. The lowest BCUT2D eigenvalue weighted by Crippen LogP contribution is -2.27. The van der Waals surface area contributed by atoms with Crippen molar-refractivity contribution in [2.45, 2.75) is 18.2 Å². The first-order valence-corrected chi connectivity index (χ1v) is 6.75. The minimum atomic E-state index is -3.64. The Morgan fingerprint density at radius 3 is 2.50 bits per heavy atom. The van der Waals surface area contributed by atoms with E-state index in [1.54, 1.807) is 0 Å². The van der Waals surface area contributed by atoms with Crippen LogP contribution in [0.4, 0.5) is 11.4 Å². The van der Waals surface area contributed by atoms with Crippen molar-refractivity contribution >= 4 is 21.4 Å². The fourth-order valence-corrected chi connectivity index (χ4v) is 2.77. The number of nitro benzene ring substituents is 1. The normalized spacial score (nSPS) is 11.7. The third-order valence-electron chi connectivity index (χ3n) is 2.44. The Bertz CT molecular complexity index is 556. The summed E-state index contributed by atoms with van der Waals surface area (Å²) in [6.45, 7) is 2.23. The molecule has 0 saturated heterocycles. The number of nitrogens with zero attached hydrogens (tertiary/aromatic N) is 2. The van der Waals surface area contributed by atoms with Gasteiger partial charge in [-0.15, -0.1) is 0 Å². The van der Waals surface area contributed by atoms with Crippen LogP contribution in [0.2, 0.25) is 0 Å². The number of hydrogen-bond acceptors (Lipinski definition) is 5. The molecular weight excluding hydrogens is 258 g/mol. The number of rotatable bonds is 5. The quantitative estimate of drug-likeness (QED) is 0.493. The Morgan fingerprint density at radius 2 is 2.06 bits per heavy atom. The monoisotopic (exact) mass is 273 g/mol. The van der Waals surface area contributed by atoms with Gasteiger partial charge in [0.2, 0.25) is 10.0 Å². The molecule has 0 radical (unpaired) electrons. The fourth-order valence-electron chi connectivity index (χ4n) is 1.47. The van der Waals surface area contributed by atoms with Crippen molar-refractivity contribution in [1.82, 2.24) is 4.31 Å². The molecule has 1 rings (SSSR count). The topological polar surface area (TPSA) is 107 Å². The highest BCUT2D eigenvalue weighted by atomic mass is 32.2. The van der Waals surface area contributed by atoms with Gasteiger partial charge in [-0.1, -0.05) is 6.92 Å². The molecule has 0 heterocycles. The number of hydrogen-bond donors (Lipinski definition) is 1. The molecule has 1 aromatic rings. The molecule has 0 aliphatic heterocycles. The van der Waals surface area contributed by atoms with Crippen molar-refractivity contribution in [3.8, 4) is 0 Å². The maximum absolute atomic E-state index is 12.1. The van der Waals surface area contributed by atoms with E-state index < -0.39 is 14.9 Å². The summed E-state index contributed by atoms with van der Waals surface area (Å²) >= 11 is 0. The van der Waals surface area contributed by atoms with Gasteiger partial charge in [0.1, 0.15) is 5.69 Å². The highest BCUT2D eigenvalue weighted by Crippen LogP contribution is 2.25. The van der Waals surface area contributed by atoms with Gasteiger partial charge in [0.25, 0.3) is 5.69 Å². The van der Waals surface area contributed by atoms with Crippen LogP contribution in [0.25, 0.3) is 0 Å². The van der Waals surface area contributed by atoms with Gasteiger partial charge in [0, 0.05) is 19.7 Å². The Kier molecular flexibility index (Phi) is 4.25. The van der Waals surface area contributed by atoms with Crippen LogP contribution in [0.3, 0.4) is 0 Å². The summed E-state index contributed by atoms with van der Waals surface area (Å²) in [6, 6.07) is 3.40. The molecule has 0 fully saturated rings. The van der Waals surface area contributed by atoms with Gasteiger partial charge in [-0.2, -0.15) is 0 Å². The van der Waals surface area contributed by atoms with Crippen LogP contribution >= 0.6 is 0 Å². The Hall–Kier alpha value is -1.67. The molecule has 0 aliphatic rings. The molecule has 0 amide bonds. The van der Waals surface area contributed by atoms with E-state index in [-0.39, 0.29) is 16.3 Å². The van der Waals surface area contributed by atoms with E-state index in [0.717, 1.165) is 12.1 Å².